The van der Waals surface area contributed by atoms with Gasteiger partial charge in [0.05, 0.1) is 17.1 Å². The lowest BCUT2D eigenvalue weighted by molar-refractivity contribution is -0.197. The number of ether oxygens (including phenoxy) is 1. The number of Topliss-reactive ketones (excluding diaryl/α,β-unsaturated/α-hetero) is 1. The number of hydrogen-bond acceptors (Lipinski definition) is 2. The van der Waals surface area contributed by atoms with Crippen LogP contribution in [0.3, 0.4) is 0 Å². The van der Waals surface area contributed by atoms with E-state index in [1.165, 1.54) is 6.42 Å². The molecule has 0 aromatic carbocycles. The normalized spacial score (nSPS) is 31.3. The summed E-state index contributed by atoms with van der Waals surface area (Å²) >= 11 is 0. The van der Waals surface area contributed by atoms with Crippen LogP contribution in [-0.2, 0) is 9.53 Å². The molecule has 1 atom stereocenters. The van der Waals surface area contributed by atoms with Crippen LogP contribution in [-0.4, -0.2) is 17.5 Å². The van der Waals surface area contributed by atoms with Gasteiger partial charge in [-0.3, -0.25) is 4.79 Å². The van der Waals surface area contributed by atoms with Crippen molar-refractivity contribution >= 4 is 5.78 Å². The van der Waals surface area contributed by atoms with Crippen molar-refractivity contribution in [1.82, 2.24) is 0 Å². The Morgan fingerprint density at radius 1 is 1.38 bits per heavy atom. The lowest BCUT2D eigenvalue weighted by Crippen LogP contribution is -2.60. The summed E-state index contributed by atoms with van der Waals surface area (Å²) in [6.07, 6.45) is 4.19. The van der Waals surface area contributed by atoms with Crippen LogP contribution in [0, 0.1) is 5.41 Å². The van der Waals surface area contributed by atoms with E-state index in [4.69, 9.17) is 4.74 Å². The molecule has 0 aromatic heterocycles. The molecule has 1 spiro atoms. The quantitative estimate of drug-likeness (QED) is 0.622. The molecule has 2 fully saturated rings. The molecule has 2 heteroatoms. The molecular weight excluding hydrogens is 164 g/mol. The van der Waals surface area contributed by atoms with E-state index >= 15 is 0 Å². The Kier molecular flexibility index (Phi) is 1.82. The summed E-state index contributed by atoms with van der Waals surface area (Å²) in [5.74, 6) is 0.438. The molecule has 0 bridgehead atoms. The Hall–Kier alpha value is -0.370. The first-order chi connectivity index (χ1) is 5.94. The summed E-state index contributed by atoms with van der Waals surface area (Å²) in [6, 6.07) is 0. The number of rotatable bonds is 1. The lowest BCUT2D eigenvalue weighted by atomic mass is 9.53. The molecule has 13 heavy (non-hydrogen) atoms. The van der Waals surface area contributed by atoms with Gasteiger partial charge in [0, 0.05) is 6.42 Å². The van der Waals surface area contributed by atoms with Crippen molar-refractivity contribution in [3.8, 4) is 0 Å². The molecule has 2 aliphatic rings. The highest BCUT2D eigenvalue weighted by atomic mass is 16.5. The van der Waals surface area contributed by atoms with Gasteiger partial charge in [-0.2, -0.15) is 0 Å². The van der Waals surface area contributed by atoms with Crippen molar-refractivity contribution in [1.29, 1.82) is 0 Å². The molecule has 2 rings (SSSR count). The van der Waals surface area contributed by atoms with Crippen molar-refractivity contribution < 1.29 is 9.53 Å². The van der Waals surface area contributed by atoms with E-state index in [9.17, 15) is 4.79 Å². The molecule has 0 saturated heterocycles. The fraction of sp³-hybridized carbons (Fsp3) is 0.909. The third kappa shape index (κ3) is 1.32. The zero-order chi connectivity index (χ0) is 9.69. The molecule has 0 aromatic rings. The highest BCUT2D eigenvalue weighted by Gasteiger charge is 2.59. The van der Waals surface area contributed by atoms with Crippen LogP contribution in [0.25, 0.3) is 0 Å². The molecular formula is C11H18O2. The predicted molar refractivity (Wildman–Crippen MR) is 50.5 cm³/mol. The minimum Gasteiger partial charge on any atom is -0.371 e. The lowest BCUT2D eigenvalue weighted by Gasteiger charge is -2.54. The summed E-state index contributed by atoms with van der Waals surface area (Å²) in [6.45, 7) is 6.17. The molecule has 74 valence electrons. The van der Waals surface area contributed by atoms with Crippen molar-refractivity contribution in [2.45, 2.75) is 58.2 Å². The predicted octanol–water partition coefficient (Wildman–Crippen LogP) is 2.31. The largest absolute Gasteiger partial charge is 0.371 e. The third-order valence-corrected chi connectivity index (χ3v) is 3.28. The smallest absolute Gasteiger partial charge is 0.144 e. The monoisotopic (exact) mass is 182 g/mol. The van der Waals surface area contributed by atoms with Crippen molar-refractivity contribution in [3.05, 3.63) is 0 Å². The Morgan fingerprint density at radius 3 is 2.31 bits per heavy atom. The minimum atomic E-state index is -0.103. The summed E-state index contributed by atoms with van der Waals surface area (Å²) in [7, 11) is 0. The van der Waals surface area contributed by atoms with Gasteiger partial charge < -0.3 is 4.74 Å². The highest BCUT2D eigenvalue weighted by molar-refractivity contribution is 5.93. The van der Waals surface area contributed by atoms with Crippen molar-refractivity contribution in [2.75, 3.05) is 0 Å². The Labute approximate surface area is 79.7 Å². The molecule has 2 nitrogen and oxygen atoms in total. The number of carbonyl (C=O) groups excluding carboxylic acids is 1. The van der Waals surface area contributed by atoms with Crippen LogP contribution in [0.15, 0.2) is 0 Å². The second-order valence-corrected chi connectivity index (χ2v) is 5.36. The molecule has 0 aliphatic heterocycles. The van der Waals surface area contributed by atoms with Crippen LogP contribution < -0.4 is 0 Å². The zero-order valence-electron chi connectivity index (χ0n) is 8.72. The van der Waals surface area contributed by atoms with Crippen molar-refractivity contribution in [3.63, 3.8) is 0 Å². The van der Waals surface area contributed by atoms with Gasteiger partial charge in [-0.25, -0.2) is 0 Å². The van der Waals surface area contributed by atoms with Gasteiger partial charge in [0.25, 0.3) is 0 Å². The average molecular weight is 182 g/mol. The number of ketones is 1. The van der Waals surface area contributed by atoms with Crippen LogP contribution in [0.1, 0.15) is 46.5 Å². The van der Waals surface area contributed by atoms with Crippen LogP contribution in [0.5, 0.6) is 0 Å². The van der Waals surface area contributed by atoms with Crippen molar-refractivity contribution in [2.24, 2.45) is 5.41 Å². The molecule has 0 radical (unpaired) electrons. The summed E-state index contributed by atoms with van der Waals surface area (Å²) in [5, 5.41) is 0. The molecule has 2 saturated carbocycles. The zero-order valence-corrected chi connectivity index (χ0v) is 8.72. The maximum atomic E-state index is 11.5. The van der Waals surface area contributed by atoms with E-state index in [1.54, 1.807) is 0 Å². The topological polar surface area (TPSA) is 26.3 Å². The highest BCUT2D eigenvalue weighted by Crippen LogP contribution is 2.55. The van der Waals surface area contributed by atoms with Gasteiger partial charge in [0.1, 0.15) is 5.78 Å². The van der Waals surface area contributed by atoms with Gasteiger partial charge in [-0.15, -0.1) is 0 Å². The van der Waals surface area contributed by atoms with Crippen LogP contribution >= 0.6 is 0 Å². The first kappa shape index (κ1) is 9.20. The van der Waals surface area contributed by atoms with Gasteiger partial charge >= 0.3 is 0 Å². The number of hydrogen-bond donors (Lipinski definition) is 0. The van der Waals surface area contributed by atoms with E-state index in [0.29, 0.717) is 12.2 Å². The second-order valence-electron chi connectivity index (χ2n) is 5.36. The summed E-state index contributed by atoms with van der Waals surface area (Å²) < 4.78 is 5.88. The van der Waals surface area contributed by atoms with Crippen LogP contribution in [0.4, 0.5) is 0 Å². The first-order valence-corrected chi connectivity index (χ1v) is 5.15. The summed E-state index contributed by atoms with van der Waals surface area (Å²) in [4.78, 5) is 11.5. The van der Waals surface area contributed by atoms with E-state index < -0.39 is 0 Å². The SMILES string of the molecule is CC(C)(C)O[C@H]1CC(=O)C12CCC2. The maximum absolute atomic E-state index is 11.5. The van der Waals surface area contributed by atoms with E-state index in [-0.39, 0.29) is 17.1 Å². The molecule has 2 aliphatic carbocycles. The van der Waals surface area contributed by atoms with Gasteiger partial charge in [-0.1, -0.05) is 6.42 Å². The molecule has 0 N–H and O–H groups in total. The standard InChI is InChI=1S/C11H18O2/c1-10(2,3)13-9-7-8(12)11(9)5-4-6-11/h9H,4-7H2,1-3H3/t9-/m0/s1. The van der Waals surface area contributed by atoms with E-state index in [1.807, 2.05) is 0 Å². The fourth-order valence-electron chi connectivity index (χ4n) is 2.36. The molecule has 0 heterocycles. The van der Waals surface area contributed by atoms with Gasteiger partial charge in [0.2, 0.25) is 0 Å². The average Bonchev–Trinajstić information content (AvgIpc) is 1.78. The fourth-order valence-corrected chi connectivity index (χ4v) is 2.36. The minimum absolute atomic E-state index is 0.0344. The third-order valence-electron chi connectivity index (χ3n) is 3.28. The van der Waals surface area contributed by atoms with Crippen LogP contribution in [0.2, 0.25) is 0 Å². The summed E-state index contributed by atoms with van der Waals surface area (Å²) in [5.41, 5.74) is -0.138. The van der Waals surface area contributed by atoms with Gasteiger partial charge in [-0.05, 0) is 33.6 Å². The molecule has 0 unspecified atom stereocenters. The second kappa shape index (κ2) is 2.57. The van der Waals surface area contributed by atoms with Gasteiger partial charge in [0.15, 0.2) is 0 Å². The number of carbonyl (C=O) groups is 1. The Balaban J connectivity index is 1.99. The van der Waals surface area contributed by atoms with E-state index in [2.05, 4.69) is 20.8 Å². The Morgan fingerprint density at radius 2 is 2.00 bits per heavy atom. The van der Waals surface area contributed by atoms with E-state index in [0.717, 1.165) is 12.8 Å². The maximum Gasteiger partial charge on any atom is 0.144 e. The Bertz CT molecular complexity index is 233. The molecule has 0 amide bonds. The first-order valence-electron chi connectivity index (χ1n) is 5.15.